The first-order chi connectivity index (χ1) is 11.6. The summed E-state index contributed by atoms with van der Waals surface area (Å²) in [4.78, 5) is 10.4. The van der Waals surface area contributed by atoms with Crippen LogP contribution < -0.4 is 0 Å². The van der Waals surface area contributed by atoms with E-state index in [9.17, 15) is 15.0 Å². The van der Waals surface area contributed by atoms with Gasteiger partial charge in [0.15, 0.2) is 0 Å². The van der Waals surface area contributed by atoms with Crippen LogP contribution in [0.5, 0.6) is 0 Å². The van der Waals surface area contributed by atoms with Crippen LogP contribution in [0.3, 0.4) is 0 Å². The Morgan fingerprint density at radius 3 is 1.42 bits per heavy atom. The van der Waals surface area contributed by atoms with Gasteiger partial charge in [-0.1, -0.05) is 64.2 Å². The Morgan fingerprint density at radius 2 is 1.04 bits per heavy atom. The molecule has 144 valence electrons. The van der Waals surface area contributed by atoms with Crippen molar-refractivity contribution in [3.63, 3.8) is 0 Å². The van der Waals surface area contributed by atoms with Crippen molar-refractivity contribution in [1.82, 2.24) is 0 Å². The summed E-state index contributed by atoms with van der Waals surface area (Å²) in [5, 5.41) is 36.4. The third-order valence-corrected chi connectivity index (χ3v) is 4.91. The summed E-state index contributed by atoms with van der Waals surface area (Å²) in [6.07, 6.45) is 14.0. The molecular formula is C19H38O5. The van der Waals surface area contributed by atoms with Crippen molar-refractivity contribution >= 4 is 5.97 Å². The van der Waals surface area contributed by atoms with Crippen molar-refractivity contribution < 1.29 is 25.2 Å². The SMILES string of the molecule is O=C(O)CCCCCCCCCCCCCC(CO)(CO)CCO. The second kappa shape index (κ2) is 15.9. The van der Waals surface area contributed by atoms with E-state index in [-0.39, 0.29) is 19.8 Å². The summed E-state index contributed by atoms with van der Waals surface area (Å²) < 4.78 is 0. The van der Waals surface area contributed by atoms with Crippen LogP contribution in [0.2, 0.25) is 0 Å². The lowest BCUT2D eigenvalue weighted by Crippen LogP contribution is -2.31. The minimum Gasteiger partial charge on any atom is -0.481 e. The maximum Gasteiger partial charge on any atom is 0.303 e. The van der Waals surface area contributed by atoms with Gasteiger partial charge in [-0.15, -0.1) is 0 Å². The molecule has 5 nitrogen and oxygen atoms in total. The molecule has 0 saturated carbocycles. The molecular weight excluding hydrogens is 308 g/mol. The van der Waals surface area contributed by atoms with Gasteiger partial charge in [0, 0.05) is 18.4 Å². The van der Waals surface area contributed by atoms with Gasteiger partial charge >= 0.3 is 5.97 Å². The molecule has 0 aliphatic rings. The smallest absolute Gasteiger partial charge is 0.303 e. The van der Waals surface area contributed by atoms with E-state index in [4.69, 9.17) is 10.2 Å². The van der Waals surface area contributed by atoms with Crippen LogP contribution >= 0.6 is 0 Å². The van der Waals surface area contributed by atoms with Crippen LogP contribution in [0.25, 0.3) is 0 Å². The molecule has 0 aromatic rings. The Morgan fingerprint density at radius 1 is 0.625 bits per heavy atom. The molecule has 0 heterocycles. The van der Waals surface area contributed by atoms with E-state index in [1.165, 1.54) is 38.5 Å². The Hall–Kier alpha value is -0.650. The molecule has 0 spiro atoms. The van der Waals surface area contributed by atoms with Gasteiger partial charge in [0.1, 0.15) is 0 Å². The fourth-order valence-corrected chi connectivity index (χ4v) is 3.10. The van der Waals surface area contributed by atoms with E-state index < -0.39 is 11.4 Å². The predicted octanol–water partition coefficient (Wildman–Crippen LogP) is 3.50. The molecule has 0 rings (SSSR count). The highest BCUT2D eigenvalue weighted by Crippen LogP contribution is 2.28. The van der Waals surface area contributed by atoms with E-state index in [1.54, 1.807) is 0 Å². The van der Waals surface area contributed by atoms with Gasteiger partial charge in [-0.3, -0.25) is 4.79 Å². The standard InChI is InChI=1S/C19H38O5/c20-15-14-19(16-21,17-22)13-11-9-7-5-3-1-2-4-6-8-10-12-18(23)24/h20-22H,1-17H2,(H,23,24). The normalized spacial score (nSPS) is 11.8. The Balaban J connectivity index is 3.37. The first-order valence-corrected chi connectivity index (χ1v) is 9.64. The van der Waals surface area contributed by atoms with Crippen molar-refractivity contribution in [2.45, 2.75) is 89.9 Å². The molecule has 0 aromatic heterocycles. The maximum absolute atomic E-state index is 10.4. The number of hydrogen-bond donors (Lipinski definition) is 4. The molecule has 0 atom stereocenters. The van der Waals surface area contributed by atoms with E-state index in [1.807, 2.05) is 0 Å². The molecule has 0 aromatic carbocycles. The highest BCUT2D eigenvalue weighted by atomic mass is 16.4. The highest BCUT2D eigenvalue weighted by Gasteiger charge is 2.27. The molecule has 0 fully saturated rings. The van der Waals surface area contributed by atoms with Crippen LogP contribution in [0.4, 0.5) is 0 Å². The number of rotatable bonds is 18. The third kappa shape index (κ3) is 12.7. The van der Waals surface area contributed by atoms with Gasteiger partial charge < -0.3 is 20.4 Å². The molecule has 0 aliphatic heterocycles. The quantitative estimate of drug-likeness (QED) is 0.285. The first kappa shape index (κ1) is 23.4. The lowest BCUT2D eigenvalue weighted by molar-refractivity contribution is -0.137. The van der Waals surface area contributed by atoms with E-state index in [0.717, 1.165) is 38.5 Å². The van der Waals surface area contributed by atoms with Gasteiger partial charge in [-0.05, 0) is 19.3 Å². The zero-order valence-electron chi connectivity index (χ0n) is 15.2. The van der Waals surface area contributed by atoms with Crippen molar-refractivity contribution in [3.8, 4) is 0 Å². The minimum atomic E-state index is -0.693. The molecule has 4 N–H and O–H groups in total. The molecule has 5 heteroatoms. The number of carboxylic acids is 1. The van der Waals surface area contributed by atoms with Gasteiger partial charge in [-0.2, -0.15) is 0 Å². The van der Waals surface area contributed by atoms with Gasteiger partial charge in [0.2, 0.25) is 0 Å². The van der Waals surface area contributed by atoms with E-state index in [0.29, 0.717) is 12.8 Å². The summed E-state index contributed by atoms with van der Waals surface area (Å²) in [5.74, 6) is -0.693. The van der Waals surface area contributed by atoms with E-state index in [2.05, 4.69) is 0 Å². The largest absolute Gasteiger partial charge is 0.481 e. The molecule has 0 bridgehead atoms. The zero-order valence-corrected chi connectivity index (χ0v) is 15.2. The number of aliphatic hydroxyl groups excluding tert-OH is 3. The highest BCUT2D eigenvalue weighted by molar-refractivity contribution is 5.66. The molecule has 24 heavy (non-hydrogen) atoms. The number of aliphatic hydroxyl groups is 3. The topological polar surface area (TPSA) is 98.0 Å². The summed E-state index contributed by atoms with van der Waals surface area (Å²) in [7, 11) is 0. The summed E-state index contributed by atoms with van der Waals surface area (Å²) in [6.45, 7) is -0.107. The lowest BCUT2D eigenvalue weighted by Gasteiger charge is -2.29. The first-order valence-electron chi connectivity index (χ1n) is 9.64. The third-order valence-electron chi connectivity index (χ3n) is 4.91. The molecule has 0 radical (unpaired) electrons. The van der Waals surface area contributed by atoms with Gasteiger partial charge in [0.25, 0.3) is 0 Å². The van der Waals surface area contributed by atoms with Crippen LogP contribution in [-0.4, -0.2) is 46.2 Å². The minimum absolute atomic E-state index is 0.0113. The van der Waals surface area contributed by atoms with Crippen molar-refractivity contribution in [2.75, 3.05) is 19.8 Å². The monoisotopic (exact) mass is 346 g/mol. The van der Waals surface area contributed by atoms with Gasteiger partial charge in [0.05, 0.1) is 13.2 Å². The number of aliphatic carboxylic acids is 1. The fourth-order valence-electron chi connectivity index (χ4n) is 3.10. The summed E-state index contributed by atoms with van der Waals surface area (Å²) in [6, 6.07) is 0. The Labute approximate surface area is 147 Å². The van der Waals surface area contributed by atoms with E-state index >= 15 is 0 Å². The number of unbranched alkanes of at least 4 members (excludes halogenated alkanes) is 10. The summed E-state index contributed by atoms with van der Waals surface area (Å²) >= 11 is 0. The lowest BCUT2D eigenvalue weighted by atomic mass is 9.81. The maximum atomic E-state index is 10.4. The molecule has 0 saturated heterocycles. The number of carbonyl (C=O) groups is 1. The van der Waals surface area contributed by atoms with Crippen molar-refractivity contribution in [2.24, 2.45) is 5.41 Å². The second-order valence-electron chi connectivity index (χ2n) is 7.07. The average Bonchev–Trinajstić information content (AvgIpc) is 2.57. The summed E-state index contributed by atoms with van der Waals surface area (Å²) in [5.41, 5.74) is -0.505. The number of hydrogen-bond acceptors (Lipinski definition) is 4. The van der Waals surface area contributed by atoms with Crippen molar-refractivity contribution in [3.05, 3.63) is 0 Å². The average molecular weight is 347 g/mol. The van der Waals surface area contributed by atoms with Crippen LogP contribution in [0.1, 0.15) is 89.9 Å². The Bertz CT molecular complexity index is 289. The van der Waals surface area contributed by atoms with Crippen LogP contribution in [0.15, 0.2) is 0 Å². The van der Waals surface area contributed by atoms with Crippen LogP contribution in [0, 0.1) is 5.41 Å². The van der Waals surface area contributed by atoms with Gasteiger partial charge in [-0.25, -0.2) is 0 Å². The fraction of sp³-hybridized carbons (Fsp3) is 0.947. The molecule has 0 aliphatic carbocycles. The zero-order chi connectivity index (χ0) is 18.1. The second-order valence-corrected chi connectivity index (χ2v) is 7.07. The van der Waals surface area contributed by atoms with Crippen LogP contribution in [-0.2, 0) is 4.79 Å². The molecule has 0 amide bonds. The Kier molecular flexibility index (Phi) is 15.4. The van der Waals surface area contributed by atoms with Crippen molar-refractivity contribution in [1.29, 1.82) is 0 Å². The predicted molar refractivity (Wildman–Crippen MR) is 96.0 cm³/mol. The molecule has 0 unspecified atom stereocenters. The number of carboxylic acid groups (broad SMARTS) is 1.